The van der Waals surface area contributed by atoms with Gasteiger partial charge in [-0.15, -0.1) is 0 Å². The predicted molar refractivity (Wildman–Crippen MR) is 58.1 cm³/mol. The molecule has 2 rings (SSSR count). The Balaban J connectivity index is 2.21. The lowest BCUT2D eigenvalue weighted by Crippen LogP contribution is -2.11. The lowest BCUT2D eigenvalue weighted by molar-refractivity contribution is 0.653. The van der Waals surface area contributed by atoms with Crippen LogP contribution in [0.5, 0.6) is 0 Å². The topological polar surface area (TPSA) is 68.8 Å². The van der Waals surface area contributed by atoms with E-state index in [1.807, 2.05) is 35.9 Å². The van der Waals surface area contributed by atoms with Gasteiger partial charge in [-0.05, 0) is 25.1 Å². The lowest BCUT2D eigenvalue weighted by atomic mass is 10.3. The van der Waals surface area contributed by atoms with E-state index in [4.69, 9.17) is 5.84 Å². The standard InChI is InChI=1S/C10H13N5/c1-8-5-6-12-15(8)7-9-3-2-4-10(13-9)14-11/h2-6H,7,11H2,1H3,(H,13,14). The van der Waals surface area contributed by atoms with E-state index in [1.54, 1.807) is 6.20 Å². The van der Waals surface area contributed by atoms with Crippen LogP contribution in [-0.4, -0.2) is 14.8 Å². The Morgan fingerprint density at radius 3 is 2.93 bits per heavy atom. The van der Waals surface area contributed by atoms with Crippen LogP contribution in [0.2, 0.25) is 0 Å². The van der Waals surface area contributed by atoms with E-state index < -0.39 is 0 Å². The maximum atomic E-state index is 5.29. The quantitative estimate of drug-likeness (QED) is 0.575. The van der Waals surface area contributed by atoms with E-state index in [0.717, 1.165) is 11.4 Å². The van der Waals surface area contributed by atoms with Crippen LogP contribution in [0.4, 0.5) is 5.82 Å². The van der Waals surface area contributed by atoms with E-state index >= 15 is 0 Å². The SMILES string of the molecule is Cc1ccnn1Cc1cccc(NN)n1. The van der Waals surface area contributed by atoms with Gasteiger partial charge in [-0.2, -0.15) is 5.10 Å². The van der Waals surface area contributed by atoms with Crippen molar-refractivity contribution in [2.45, 2.75) is 13.5 Å². The molecule has 0 bridgehead atoms. The summed E-state index contributed by atoms with van der Waals surface area (Å²) < 4.78 is 1.89. The summed E-state index contributed by atoms with van der Waals surface area (Å²) >= 11 is 0. The van der Waals surface area contributed by atoms with Crippen molar-refractivity contribution in [1.29, 1.82) is 0 Å². The molecule has 2 heterocycles. The van der Waals surface area contributed by atoms with Gasteiger partial charge in [0.15, 0.2) is 0 Å². The summed E-state index contributed by atoms with van der Waals surface area (Å²) in [5.74, 6) is 5.95. The van der Waals surface area contributed by atoms with Crippen molar-refractivity contribution in [3.63, 3.8) is 0 Å². The number of aromatic nitrogens is 3. The summed E-state index contributed by atoms with van der Waals surface area (Å²) in [5, 5.41) is 4.19. The molecule has 0 atom stereocenters. The predicted octanol–water partition coefficient (Wildman–Crippen LogP) is 0.920. The first-order valence-corrected chi connectivity index (χ1v) is 4.70. The van der Waals surface area contributed by atoms with Crippen LogP contribution >= 0.6 is 0 Å². The number of nitrogens with two attached hydrogens (primary N) is 1. The molecule has 0 fully saturated rings. The first kappa shape index (κ1) is 9.67. The zero-order valence-corrected chi connectivity index (χ0v) is 8.51. The maximum Gasteiger partial charge on any atom is 0.140 e. The monoisotopic (exact) mass is 203 g/mol. The Kier molecular flexibility index (Phi) is 2.64. The number of nitrogens with zero attached hydrogens (tertiary/aromatic N) is 3. The zero-order chi connectivity index (χ0) is 10.7. The van der Waals surface area contributed by atoms with Crippen molar-refractivity contribution >= 4 is 5.82 Å². The highest BCUT2D eigenvalue weighted by atomic mass is 15.3. The summed E-state index contributed by atoms with van der Waals surface area (Å²) in [7, 11) is 0. The van der Waals surface area contributed by atoms with Crippen molar-refractivity contribution in [3.8, 4) is 0 Å². The summed E-state index contributed by atoms with van der Waals surface area (Å²) in [6.45, 7) is 2.67. The number of hydrogen-bond donors (Lipinski definition) is 2. The molecule has 0 aliphatic rings. The Morgan fingerprint density at radius 1 is 1.40 bits per heavy atom. The highest BCUT2D eigenvalue weighted by Gasteiger charge is 2.00. The molecule has 0 saturated heterocycles. The minimum atomic E-state index is 0.661. The number of hydrazine groups is 1. The molecule has 0 saturated carbocycles. The van der Waals surface area contributed by atoms with Gasteiger partial charge < -0.3 is 5.43 Å². The van der Waals surface area contributed by atoms with E-state index in [1.165, 1.54) is 0 Å². The summed E-state index contributed by atoms with van der Waals surface area (Å²) in [6, 6.07) is 7.64. The van der Waals surface area contributed by atoms with Gasteiger partial charge in [0, 0.05) is 11.9 Å². The molecule has 15 heavy (non-hydrogen) atoms. The van der Waals surface area contributed by atoms with Crippen LogP contribution in [0.15, 0.2) is 30.5 Å². The molecule has 0 spiro atoms. The van der Waals surface area contributed by atoms with Crippen LogP contribution in [0, 0.1) is 6.92 Å². The van der Waals surface area contributed by atoms with Gasteiger partial charge in [-0.25, -0.2) is 10.8 Å². The average Bonchev–Trinajstić information content (AvgIpc) is 2.65. The zero-order valence-electron chi connectivity index (χ0n) is 8.51. The van der Waals surface area contributed by atoms with Gasteiger partial charge in [0.25, 0.3) is 0 Å². The summed E-state index contributed by atoms with van der Waals surface area (Å²) in [4.78, 5) is 4.31. The highest BCUT2D eigenvalue weighted by Crippen LogP contribution is 2.06. The van der Waals surface area contributed by atoms with Crippen molar-refractivity contribution in [2.75, 3.05) is 5.43 Å². The van der Waals surface area contributed by atoms with Gasteiger partial charge >= 0.3 is 0 Å². The second kappa shape index (κ2) is 4.10. The van der Waals surface area contributed by atoms with E-state index in [9.17, 15) is 0 Å². The molecular formula is C10H13N5. The second-order valence-corrected chi connectivity index (χ2v) is 3.29. The largest absolute Gasteiger partial charge is 0.308 e. The van der Waals surface area contributed by atoms with Crippen molar-refractivity contribution in [2.24, 2.45) is 5.84 Å². The fourth-order valence-corrected chi connectivity index (χ4v) is 1.37. The molecule has 0 unspecified atom stereocenters. The first-order valence-electron chi connectivity index (χ1n) is 4.70. The van der Waals surface area contributed by atoms with Gasteiger partial charge in [-0.1, -0.05) is 6.07 Å². The molecule has 5 heteroatoms. The fourth-order valence-electron chi connectivity index (χ4n) is 1.37. The number of hydrogen-bond acceptors (Lipinski definition) is 4. The van der Waals surface area contributed by atoms with Crippen molar-refractivity contribution in [3.05, 3.63) is 41.9 Å². The van der Waals surface area contributed by atoms with Crippen LogP contribution in [0.25, 0.3) is 0 Å². The minimum Gasteiger partial charge on any atom is -0.308 e. The van der Waals surface area contributed by atoms with Crippen LogP contribution in [0.1, 0.15) is 11.4 Å². The molecule has 2 aromatic rings. The van der Waals surface area contributed by atoms with Gasteiger partial charge in [-0.3, -0.25) is 4.68 Å². The number of nitrogens with one attached hydrogen (secondary N) is 1. The first-order chi connectivity index (χ1) is 7.29. The van der Waals surface area contributed by atoms with E-state index in [-0.39, 0.29) is 0 Å². The van der Waals surface area contributed by atoms with E-state index in [0.29, 0.717) is 12.4 Å². The Hall–Kier alpha value is -1.88. The number of rotatable bonds is 3. The molecule has 0 aliphatic carbocycles. The normalized spacial score (nSPS) is 10.3. The van der Waals surface area contributed by atoms with E-state index in [2.05, 4.69) is 15.5 Å². The Morgan fingerprint density at radius 2 is 2.27 bits per heavy atom. The molecule has 0 amide bonds. The van der Waals surface area contributed by atoms with Crippen LogP contribution in [-0.2, 0) is 6.54 Å². The minimum absolute atomic E-state index is 0.661. The van der Waals surface area contributed by atoms with Gasteiger partial charge in [0.1, 0.15) is 5.82 Å². The average molecular weight is 203 g/mol. The molecule has 78 valence electrons. The molecule has 0 aromatic carbocycles. The van der Waals surface area contributed by atoms with Crippen LogP contribution in [0.3, 0.4) is 0 Å². The molecule has 5 nitrogen and oxygen atoms in total. The molecule has 0 radical (unpaired) electrons. The van der Waals surface area contributed by atoms with Gasteiger partial charge in [0.2, 0.25) is 0 Å². The van der Waals surface area contributed by atoms with Crippen molar-refractivity contribution < 1.29 is 0 Å². The third-order valence-electron chi connectivity index (χ3n) is 2.20. The summed E-state index contributed by atoms with van der Waals surface area (Å²) in [6.07, 6.45) is 1.78. The summed E-state index contributed by atoms with van der Waals surface area (Å²) in [5.41, 5.74) is 4.56. The smallest absolute Gasteiger partial charge is 0.140 e. The van der Waals surface area contributed by atoms with Crippen LogP contribution < -0.4 is 11.3 Å². The molecular weight excluding hydrogens is 190 g/mol. The van der Waals surface area contributed by atoms with Crippen molar-refractivity contribution in [1.82, 2.24) is 14.8 Å². The number of anilines is 1. The maximum absolute atomic E-state index is 5.29. The number of pyridine rings is 1. The number of aryl methyl sites for hydroxylation is 1. The third-order valence-corrected chi connectivity index (χ3v) is 2.20. The Labute approximate surface area is 87.9 Å². The second-order valence-electron chi connectivity index (χ2n) is 3.29. The van der Waals surface area contributed by atoms with Gasteiger partial charge in [0.05, 0.1) is 12.2 Å². The third kappa shape index (κ3) is 2.13. The molecule has 0 aliphatic heterocycles. The highest BCUT2D eigenvalue weighted by molar-refractivity contribution is 5.33. The Bertz CT molecular complexity index is 449. The number of nitrogen functional groups attached to an aromatic ring is 1. The lowest BCUT2D eigenvalue weighted by Gasteiger charge is -2.05. The molecule has 2 aromatic heterocycles. The molecule has 3 N–H and O–H groups in total. The fraction of sp³-hybridized carbons (Fsp3) is 0.200.